The van der Waals surface area contributed by atoms with Crippen LogP contribution in [0, 0.1) is 11.8 Å². The van der Waals surface area contributed by atoms with Gasteiger partial charge in [0.1, 0.15) is 18.1 Å². The molecular weight excluding hydrogens is 524 g/mol. The van der Waals surface area contributed by atoms with Gasteiger partial charge in [0, 0.05) is 18.7 Å². The summed E-state index contributed by atoms with van der Waals surface area (Å²) in [6.07, 6.45) is -0.570. The number of thiol groups is 1. The van der Waals surface area contributed by atoms with E-state index < -0.39 is 47.9 Å². The molecule has 0 aliphatic carbocycles. The summed E-state index contributed by atoms with van der Waals surface area (Å²) >= 11 is 4.20. The quantitative estimate of drug-likeness (QED) is 0.157. The summed E-state index contributed by atoms with van der Waals surface area (Å²) in [5.74, 6) is -2.76. The molecule has 0 bridgehead atoms. The molecule has 3 atom stereocenters. The highest BCUT2D eigenvalue weighted by atomic mass is 32.1. The van der Waals surface area contributed by atoms with E-state index >= 15 is 0 Å². The zero-order chi connectivity index (χ0) is 29.4. The number of ether oxygens (including phenoxy) is 1. The Hall–Kier alpha value is -3.28. The first-order valence-electron chi connectivity index (χ1n) is 13.1. The molecule has 2 unspecified atom stereocenters. The minimum atomic E-state index is -1.23. The smallest absolute Gasteiger partial charge is 0.407 e. The van der Waals surface area contributed by atoms with Crippen LogP contribution in [0.4, 0.5) is 4.79 Å². The highest BCUT2D eigenvalue weighted by Crippen LogP contribution is 2.08. The summed E-state index contributed by atoms with van der Waals surface area (Å²) in [7, 11) is 0. The van der Waals surface area contributed by atoms with E-state index in [0.29, 0.717) is 13.0 Å². The van der Waals surface area contributed by atoms with Gasteiger partial charge in [-0.3, -0.25) is 19.2 Å². The second kappa shape index (κ2) is 18.1. The van der Waals surface area contributed by atoms with Crippen molar-refractivity contribution in [1.29, 1.82) is 0 Å². The highest BCUT2D eigenvalue weighted by Gasteiger charge is 2.30. The highest BCUT2D eigenvalue weighted by molar-refractivity contribution is 7.80. The second-order valence-electron chi connectivity index (χ2n) is 10.1. The fraction of sp³-hybridized carbons (Fsp3) is 0.593. The van der Waals surface area contributed by atoms with Crippen LogP contribution in [0.15, 0.2) is 30.3 Å². The number of hydrogen-bond donors (Lipinski definition) is 6. The lowest BCUT2D eigenvalue weighted by atomic mass is 10.0. The molecule has 39 heavy (non-hydrogen) atoms. The number of amides is 4. The third-order valence-electron chi connectivity index (χ3n) is 5.51. The van der Waals surface area contributed by atoms with Crippen molar-refractivity contribution in [2.75, 3.05) is 18.9 Å². The zero-order valence-corrected chi connectivity index (χ0v) is 24.0. The predicted molar refractivity (Wildman–Crippen MR) is 150 cm³/mol. The average Bonchev–Trinajstić information content (AvgIpc) is 2.87. The first-order chi connectivity index (χ1) is 18.4. The molecule has 0 heterocycles. The lowest BCUT2D eigenvalue weighted by Gasteiger charge is -2.25. The number of carbonyl (C=O) groups excluding carboxylic acids is 4. The van der Waals surface area contributed by atoms with E-state index in [1.54, 1.807) is 0 Å². The Kier molecular flexibility index (Phi) is 15.7. The molecule has 0 saturated carbocycles. The zero-order valence-electron chi connectivity index (χ0n) is 23.1. The van der Waals surface area contributed by atoms with Crippen molar-refractivity contribution in [2.45, 2.75) is 71.5 Å². The molecule has 0 aliphatic heterocycles. The number of carboxylic acids is 1. The molecule has 0 aliphatic rings. The number of carbonyl (C=O) groups is 5. The molecule has 0 radical (unpaired) electrons. The van der Waals surface area contributed by atoms with Crippen LogP contribution in [0.1, 0.15) is 52.5 Å². The summed E-state index contributed by atoms with van der Waals surface area (Å²) in [6.45, 7) is 7.91. The summed E-state index contributed by atoms with van der Waals surface area (Å²) < 4.78 is 5.05. The molecule has 5 N–H and O–H groups in total. The van der Waals surface area contributed by atoms with Gasteiger partial charge in [0.05, 0.1) is 6.61 Å². The molecule has 0 spiro atoms. The summed E-state index contributed by atoms with van der Waals surface area (Å²) in [5, 5.41) is 19.5. The third kappa shape index (κ3) is 14.4. The molecule has 1 aromatic rings. The molecule has 0 saturated heterocycles. The van der Waals surface area contributed by atoms with Crippen molar-refractivity contribution in [3.05, 3.63) is 35.9 Å². The minimum Gasteiger partial charge on any atom is -0.481 e. The first-order valence-corrected chi connectivity index (χ1v) is 13.7. The van der Waals surface area contributed by atoms with Gasteiger partial charge in [-0.1, -0.05) is 58.0 Å². The molecule has 1 aromatic carbocycles. The Labute approximate surface area is 235 Å². The van der Waals surface area contributed by atoms with Crippen LogP contribution in [0.5, 0.6) is 0 Å². The summed E-state index contributed by atoms with van der Waals surface area (Å²) in [4.78, 5) is 62.1. The normalized spacial score (nSPS) is 13.2. The lowest BCUT2D eigenvalue weighted by molar-refractivity contribution is -0.137. The van der Waals surface area contributed by atoms with Crippen LogP contribution >= 0.6 is 12.6 Å². The van der Waals surface area contributed by atoms with Crippen LogP contribution in [0.2, 0.25) is 0 Å². The van der Waals surface area contributed by atoms with Crippen molar-refractivity contribution >= 4 is 42.4 Å². The van der Waals surface area contributed by atoms with Crippen LogP contribution in [0.25, 0.3) is 0 Å². The van der Waals surface area contributed by atoms with Crippen molar-refractivity contribution in [3.8, 4) is 0 Å². The third-order valence-corrected chi connectivity index (χ3v) is 5.88. The van der Waals surface area contributed by atoms with E-state index in [2.05, 4.69) is 33.9 Å². The molecular formula is C27H42N4O7S. The summed E-state index contributed by atoms with van der Waals surface area (Å²) in [6, 6.07) is 6.43. The summed E-state index contributed by atoms with van der Waals surface area (Å²) in [5.41, 5.74) is 1.06. The number of alkyl carbamates (subject to hydrolysis) is 1. The minimum absolute atomic E-state index is 0.00311. The van der Waals surface area contributed by atoms with E-state index in [1.807, 2.05) is 58.0 Å². The monoisotopic (exact) mass is 566 g/mol. The van der Waals surface area contributed by atoms with Crippen LogP contribution in [0.3, 0.4) is 0 Å². The molecule has 12 heteroatoms. The van der Waals surface area contributed by atoms with Crippen LogP contribution in [-0.4, -0.2) is 71.9 Å². The van der Waals surface area contributed by atoms with Crippen molar-refractivity contribution in [3.63, 3.8) is 0 Å². The number of rotatable bonds is 17. The average molecular weight is 567 g/mol. The number of hydrogen-bond acceptors (Lipinski definition) is 7. The molecule has 0 aromatic heterocycles. The Morgan fingerprint density at radius 3 is 2.03 bits per heavy atom. The molecule has 0 fully saturated rings. The SMILES string of the molecule is CC(C)COC(=O)NC(CCC(=O)O)C(=O)N[C@@H](CC(C)C)C(=O)NC(CS)C(=O)NCCc1ccccc1. The van der Waals surface area contributed by atoms with Crippen LogP contribution in [-0.2, 0) is 30.3 Å². The Morgan fingerprint density at radius 2 is 1.46 bits per heavy atom. The van der Waals surface area contributed by atoms with Gasteiger partial charge in [0.25, 0.3) is 0 Å². The number of aliphatic carboxylic acids is 1. The molecule has 11 nitrogen and oxygen atoms in total. The Balaban J connectivity index is 2.84. The fourth-order valence-corrected chi connectivity index (χ4v) is 3.76. The van der Waals surface area contributed by atoms with E-state index in [1.165, 1.54) is 0 Å². The van der Waals surface area contributed by atoms with Crippen molar-refractivity contribution in [1.82, 2.24) is 21.3 Å². The van der Waals surface area contributed by atoms with E-state index in [-0.39, 0.29) is 43.5 Å². The van der Waals surface area contributed by atoms with E-state index in [4.69, 9.17) is 9.84 Å². The van der Waals surface area contributed by atoms with Gasteiger partial charge in [-0.25, -0.2) is 4.79 Å². The van der Waals surface area contributed by atoms with Gasteiger partial charge in [-0.15, -0.1) is 0 Å². The Bertz CT molecular complexity index is 943. The molecule has 218 valence electrons. The molecule has 1 rings (SSSR count). The number of nitrogens with one attached hydrogen (secondary N) is 4. The van der Waals surface area contributed by atoms with Gasteiger partial charge >= 0.3 is 12.1 Å². The van der Waals surface area contributed by atoms with Crippen molar-refractivity contribution in [2.24, 2.45) is 11.8 Å². The fourth-order valence-electron chi connectivity index (χ4n) is 3.50. The van der Waals surface area contributed by atoms with E-state index in [9.17, 15) is 24.0 Å². The van der Waals surface area contributed by atoms with Gasteiger partial charge in [0.2, 0.25) is 17.7 Å². The maximum atomic E-state index is 13.1. The lowest BCUT2D eigenvalue weighted by Crippen LogP contribution is -2.57. The van der Waals surface area contributed by atoms with Gasteiger partial charge < -0.3 is 31.1 Å². The van der Waals surface area contributed by atoms with Gasteiger partial charge in [-0.05, 0) is 36.7 Å². The largest absolute Gasteiger partial charge is 0.481 e. The standard InChI is InChI=1S/C27H42N4O7S/c1-17(2)14-21(29-25(35)20(10-11-23(32)33)31-27(37)38-15-18(3)4)26(36)30-22(16-39)24(34)28-13-12-19-8-6-5-7-9-19/h5-9,17-18,20-22,39H,10-16H2,1-4H3,(H,28,34)(H,29,35)(H,30,36)(H,31,37)(H,32,33)/t20?,21-,22?/m0/s1. The van der Waals surface area contributed by atoms with Crippen LogP contribution < -0.4 is 21.3 Å². The maximum absolute atomic E-state index is 13.1. The van der Waals surface area contributed by atoms with Gasteiger partial charge in [-0.2, -0.15) is 12.6 Å². The second-order valence-corrected chi connectivity index (χ2v) is 10.4. The molecule has 4 amide bonds. The van der Waals surface area contributed by atoms with E-state index in [0.717, 1.165) is 5.56 Å². The predicted octanol–water partition coefficient (Wildman–Crippen LogP) is 1.91. The van der Waals surface area contributed by atoms with Crippen molar-refractivity contribution < 1.29 is 33.8 Å². The topological polar surface area (TPSA) is 163 Å². The number of carboxylic acid groups (broad SMARTS) is 1. The number of benzene rings is 1. The maximum Gasteiger partial charge on any atom is 0.407 e. The van der Waals surface area contributed by atoms with Gasteiger partial charge in [0.15, 0.2) is 0 Å². The first kappa shape index (κ1) is 33.7. The Morgan fingerprint density at radius 1 is 0.846 bits per heavy atom.